The van der Waals surface area contributed by atoms with E-state index in [0.717, 1.165) is 11.3 Å². The number of rotatable bonds is 5. The van der Waals surface area contributed by atoms with Crippen LogP contribution in [0, 0.1) is 11.6 Å². The van der Waals surface area contributed by atoms with Crippen LogP contribution in [-0.4, -0.2) is 37.4 Å². The summed E-state index contributed by atoms with van der Waals surface area (Å²) in [7, 11) is 1.85. The summed E-state index contributed by atoms with van der Waals surface area (Å²) in [4.78, 5) is 35.4. The van der Waals surface area contributed by atoms with E-state index >= 15 is 0 Å². The van der Waals surface area contributed by atoms with Crippen molar-refractivity contribution >= 4 is 17.8 Å². The molecule has 0 saturated heterocycles. The SMILES string of the molecule is CC(c1cccc(C(=O)N2Cc3cnn(C)c3C2)c1)N1C(=O)C(c2ccc(F)cc2)(c2ccc(F)cc2)N=C1N. The highest BCUT2D eigenvalue weighted by Crippen LogP contribution is 2.42. The summed E-state index contributed by atoms with van der Waals surface area (Å²) in [6.07, 6.45) is 1.77. The minimum Gasteiger partial charge on any atom is -0.369 e. The van der Waals surface area contributed by atoms with Gasteiger partial charge in [-0.2, -0.15) is 5.10 Å². The number of aliphatic imine (C=N–C) groups is 1. The lowest BCUT2D eigenvalue weighted by Gasteiger charge is -2.30. The Kier molecular flexibility index (Phi) is 5.98. The lowest BCUT2D eigenvalue weighted by molar-refractivity contribution is -0.131. The Morgan fingerprint density at radius 3 is 2.20 bits per heavy atom. The van der Waals surface area contributed by atoms with Crippen LogP contribution in [0.2, 0.25) is 0 Å². The molecule has 2 aliphatic heterocycles. The van der Waals surface area contributed by atoms with E-state index < -0.39 is 29.1 Å². The molecule has 2 amide bonds. The number of carbonyl (C=O) groups is 2. The van der Waals surface area contributed by atoms with Crippen molar-refractivity contribution < 1.29 is 18.4 Å². The monoisotopic (exact) mass is 540 g/mol. The van der Waals surface area contributed by atoms with Crippen molar-refractivity contribution in [3.05, 3.63) is 124 Å². The van der Waals surface area contributed by atoms with Gasteiger partial charge in [0.05, 0.1) is 24.5 Å². The molecule has 0 fully saturated rings. The Hall–Kier alpha value is -4.86. The second-order valence-electron chi connectivity index (χ2n) is 10.1. The zero-order valence-corrected chi connectivity index (χ0v) is 21.9. The van der Waals surface area contributed by atoms with Gasteiger partial charge in [-0.3, -0.25) is 19.2 Å². The van der Waals surface area contributed by atoms with Crippen LogP contribution in [0.25, 0.3) is 0 Å². The molecule has 10 heteroatoms. The minimum absolute atomic E-state index is 0.0367. The van der Waals surface area contributed by atoms with Crippen LogP contribution in [0.3, 0.4) is 0 Å². The second kappa shape index (κ2) is 9.41. The van der Waals surface area contributed by atoms with E-state index in [-0.39, 0.29) is 11.9 Å². The number of benzene rings is 3. The summed E-state index contributed by atoms with van der Waals surface area (Å²) in [6, 6.07) is 17.4. The molecule has 4 aromatic rings. The molecule has 8 nitrogen and oxygen atoms in total. The maximum atomic E-state index is 14.2. The number of hydrogen-bond acceptors (Lipinski definition) is 5. The van der Waals surface area contributed by atoms with E-state index in [4.69, 9.17) is 5.73 Å². The molecule has 0 aliphatic carbocycles. The zero-order chi connectivity index (χ0) is 28.2. The molecule has 1 atom stereocenters. The van der Waals surface area contributed by atoms with Crippen molar-refractivity contribution in [2.24, 2.45) is 17.8 Å². The first kappa shape index (κ1) is 25.4. The van der Waals surface area contributed by atoms with Crippen LogP contribution in [0.5, 0.6) is 0 Å². The summed E-state index contributed by atoms with van der Waals surface area (Å²) in [6.45, 7) is 2.74. The van der Waals surface area contributed by atoms with Crippen LogP contribution in [0.4, 0.5) is 8.78 Å². The summed E-state index contributed by atoms with van der Waals surface area (Å²) < 4.78 is 29.4. The summed E-state index contributed by atoms with van der Waals surface area (Å²) in [5.41, 5.74) is 8.75. The van der Waals surface area contributed by atoms with Crippen LogP contribution >= 0.6 is 0 Å². The number of fused-ring (bicyclic) bond motifs is 1. The van der Waals surface area contributed by atoms with Gasteiger partial charge in [0.25, 0.3) is 11.8 Å². The fourth-order valence-electron chi connectivity index (χ4n) is 5.54. The summed E-state index contributed by atoms with van der Waals surface area (Å²) >= 11 is 0. The van der Waals surface area contributed by atoms with Gasteiger partial charge in [0.15, 0.2) is 11.5 Å². The largest absolute Gasteiger partial charge is 0.369 e. The van der Waals surface area contributed by atoms with Crippen molar-refractivity contribution in [2.75, 3.05) is 0 Å². The maximum absolute atomic E-state index is 14.2. The number of carbonyl (C=O) groups excluding carboxylic acids is 2. The van der Waals surface area contributed by atoms with Gasteiger partial charge < -0.3 is 10.6 Å². The Morgan fingerprint density at radius 1 is 0.975 bits per heavy atom. The smallest absolute Gasteiger partial charge is 0.267 e. The quantitative estimate of drug-likeness (QED) is 0.414. The molecule has 3 heterocycles. The van der Waals surface area contributed by atoms with Crippen molar-refractivity contribution in [1.82, 2.24) is 19.6 Å². The van der Waals surface area contributed by atoms with Crippen molar-refractivity contribution in [3.8, 4) is 0 Å². The van der Waals surface area contributed by atoms with Gasteiger partial charge in [-0.1, -0.05) is 36.4 Å². The second-order valence-corrected chi connectivity index (χ2v) is 10.1. The molecule has 1 aromatic heterocycles. The van der Waals surface area contributed by atoms with Gasteiger partial charge in [0.1, 0.15) is 11.6 Å². The number of hydrogen-bond donors (Lipinski definition) is 1. The molecule has 0 spiro atoms. The van der Waals surface area contributed by atoms with E-state index in [0.29, 0.717) is 35.3 Å². The lowest BCUT2D eigenvalue weighted by atomic mass is 9.82. The third kappa shape index (κ3) is 3.95. The third-order valence-corrected chi connectivity index (χ3v) is 7.72. The lowest BCUT2D eigenvalue weighted by Crippen LogP contribution is -2.44. The summed E-state index contributed by atoms with van der Waals surface area (Å²) in [5.74, 6) is -1.57. The molecule has 202 valence electrons. The van der Waals surface area contributed by atoms with Crippen molar-refractivity contribution in [2.45, 2.75) is 31.6 Å². The normalized spacial score (nSPS) is 16.7. The van der Waals surface area contributed by atoms with Gasteiger partial charge in [-0.05, 0) is 60.0 Å². The number of halogens is 2. The van der Waals surface area contributed by atoms with Gasteiger partial charge >= 0.3 is 0 Å². The van der Waals surface area contributed by atoms with Crippen LogP contribution in [0.15, 0.2) is 84.0 Å². The predicted molar refractivity (Wildman–Crippen MR) is 144 cm³/mol. The van der Waals surface area contributed by atoms with Gasteiger partial charge in [-0.25, -0.2) is 13.8 Å². The number of aryl methyl sites for hydroxylation is 1. The molecule has 40 heavy (non-hydrogen) atoms. The Morgan fingerprint density at radius 2 is 1.60 bits per heavy atom. The Bertz CT molecular complexity index is 1620. The molecule has 3 aromatic carbocycles. The topological polar surface area (TPSA) is 96.8 Å². The molecule has 0 radical (unpaired) electrons. The molecule has 2 N–H and O–H groups in total. The molecular weight excluding hydrogens is 514 g/mol. The molecule has 6 rings (SSSR count). The average Bonchev–Trinajstić information content (AvgIpc) is 3.61. The highest BCUT2D eigenvalue weighted by Gasteiger charge is 2.52. The first-order chi connectivity index (χ1) is 19.2. The predicted octanol–water partition coefficient (Wildman–Crippen LogP) is 4.02. The van der Waals surface area contributed by atoms with Crippen LogP contribution < -0.4 is 5.73 Å². The zero-order valence-electron chi connectivity index (χ0n) is 21.9. The number of amides is 2. The fourth-order valence-corrected chi connectivity index (χ4v) is 5.54. The van der Waals surface area contributed by atoms with Crippen LogP contribution in [-0.2, 0) is 30.5 Å². The number of nitrogens with zero attached hydrogens (tertiary/aromatic N) is 5. The Labute approximate surface area is 229 Å². The molecule has 0 bridgehead atoms. The highest BCUT2D eigenvalue weighted by atomic mass is 19.1. The number of guanidine groups is 1. The number of aromatic nitrogens is 2. The van der Waals surface area contributed by atoms with Crippen LogP contribution in [0.1, 0.15) is 51.3 Å². The van der Waals surface area contributed by atoms with E-state index in [2.05, 4.69) is 10.1 Å². The maximum Gasteiger partial charge on any atom is 0.267 e. The average molecular weight is 541 g/mol. The molecular formula is C30H26F2N6O2. The fraction of sp³-hybridized carbons (Fsp3) is 0.200. The van der Waals surface area contributed by atoms with Gasteiger partial charge in [-0.15, -0.1) is 0 Å². The highest BCUT2D eigenvalue weighted by molar-refractivity contribution is 6.09. The molecule has 0 saturated carbocycles. The number of nitrogens with two attached hydrogens (primary N) is 1. The molecule has 1 unspecified atom stereocenters. The van der Waals surface area contributed by atoms with E-state index in [1.807, 2.05) is 13.1 Å². The van der Waals surface area contributed by atoms with Crippen molar-refractivity contribution in [3.63, 3.8) is 0 Å². The summed E-state index contributed by atoms with van der Waals surface area (Å²) in [5, 5.41) is 4.25. The molecule has 2 aliphatic rings. The van der Waals surface area contributed by atoms with E-state index in [1.165, 1.54) is 53.4 Å². The van der Waals surface area contributed by atoms with Gasteiger partial charge in [0.2, 0.25) is 0 Å². The first-order valence-corrected chi connectivity index (χ1v) is 12.8. The van der Waals surface area contributed by atoms with Gasteiger partial charge in [0, 0.05) is 24.7 Å². The van der Waals surface area contributed by atoms with E-state index in [9.17, 15) is 18.4 Å². The Balaban J connectivity index is 1.33. The van der Waals surface area contributed by atoms with Crippen molar-refractivity contribution in [1.29, 1.82) is 0 Å². The first-order valence-electron chi connectivity index (χ1n) is 12.8. The van der Waals surface area contributed by atoms with E-state index in [1.54, 1.807) is 40.9 Å². The standard InChI is InChI=1S/C30H26F2N6O2/c1-18(19-4-3-5-20(14-19)27(39)37-16-21-15-34-36(2)26(21)17-37)38-28(40)30(35-29(38)33,22-6-10-24(31)11-7-22)23-8-12-25(32)13-9-23/h3-15,18H,16-17H2,1-2H3,(H2,33,35). The third-order valence-electron chi connectivity index (χ3n) is 7.72. The minimum atomic E-state index is -1.62.